The second kappa shape index (κ2) is 5.93. The molecule has 0 aromatic heterocycles. The van der Waals surface area contributed by atoms with Crippen molar-refractivity contribution in [1.82, 2.24) is 4.31 Å². The predicted octanol–water partition coefficient (Wildman–Crippen LogP) is 2.53. The van der Waals surface area contributed by atoms with E-state index in [1.807, 2.05) is 0 Å². The first kappa shape index (κ1) is 15.0. The van der Waals surface area contributed by atoms with E-state index < -0.39 is 15.8 Å². The highest BCUT2D eigenvalue weighted by molar-refractivity contribution is 7.89. The summed E-state index contributed by atoms with van der Waals surface area (Å²) in [6, 6.07) is 3.53. The Balaban J connectivity index is 2.44. The number of hydrogen-bond donors (Lipinski definition) is 1. The van der Waals surface area contributed by atoms with Gasteiger partial charge in [0.05, 0.1) is 0 Å². The molecule has 0 aliphatic heterocycles. The van der Waals surface area contributed by atoms with E-state index in [9.17, 15) is 12.8 Å². The number of halogens is 1. The topological polar surface area (TPSA) is 63.4 Å². The molecule has 0 atom stereocenters. The first-order valence-electron chi connectivity index (χ1n) is 6.64. The van der Waals surface area contributed by atoms with Crippen LogP contribution in [0.25, 0.3) is 0 Å². The van der Waals surface area contributed by atoms with E-state index in [-0.39, 0.29) is 23.2 Å². The van der Waals surface area contributed by atoms with Gasteiger partial charge in [0.15, 0.2) is 0 Å². The summed E-state index contributed by atoms with van der Waals surface area (Å²) >= 11 is 0. The van der Waals surface area contributed by atoms with Gasteiger partial charge in [-0.25, -0.2) is 12.8 Å². The Bertz CT molecular complexity index is 595. The molecule has 0 unspecified atom stereocenters. The molecule has 0 spiro atoms. The third-order valence-electron chi connectivity index (χ3n) is 3.58. The number of hydrogen-bond acceptors (Lipinski definition) is 3. The van der Waals surface area contributed by atoms with Crippen LogP contribution in [0, 0.1) is 5.82 Å². The molecule has 2 N–H and O–H groups in total. The molecule has 0 radical (unpaired) electrons. The molecular formula is C14H19FN2O2S. The quantitative estimate of drug-likeness (QED) is 0.671. The highest BCUT2D eigenvalue weighted by Crippen LogP contribution is 2.30. The van der Waals surface area contributed by atoms with Crippen molar-refractivity contribution in [3.63, 3.8) is 0 Å². The minimum absolute atomic E-state index is 0.0844. The summed E-state index contributed by atoms with van der Waals surface area (Å²) in [5.74, 6) is -0.772. The largest absolute Gasteiger partial charge is 0.399 e. The smallest absolute Gasteiger partial charge is 0.246 e. The number of rotatable bonds is 5. The van der Waals surface area contributed by atoms with Gasteiger partial charge in [-0.15, -0.1) is 6.58 Å². The van der Waals surface area contributed by atoms with Crippen LogP contribution in [0.3, 0.4) is 0 Å². The fraction of sp³-hybridized carbons (Fsp3) is 0.429. The zero-order valence-corrected chi connectivity index (χ0v) is 12.1. The Hall–Kier alpha value is -1.40. The maximum absolute atomic E-state index is 13.9. The Kier molecular flexibility index (Phi) is 4.45. The first-order valence-corrected chi connectivity index (χ1v) is 8.08. The summed E-state index contributed by atoms with van der Waals surface area (Å²) in [7, 11) is -3.89. The molecule has 2 rings (SSSR count). The van der Waals surface area contributed by atoms with Crippen molar-refractivity contribution in [2.45, 2.75) is 36.6 Å². The number of nitrogens with zero attached hydrogens (tertiary/aromatic N) is 1. The van der Waals surface area contributed by atoms with Crippen LogP contribution in [0.2, 0.25) is 0 Å². The molecular weight excluding hydrogens is 279 g/mol. The Morgan fingerprint density at radius 3 is 2.65 bits per heavy atom. The van der Waals surface area contributed by atoms with E-state index >= 15 is 0 Å². The molecule has 0 heterocycles. The average molecular weight is 298 g/mol. The number of nitrogen functional groups attached to an aromatic ring is 1. The average Bonchev–Trinajstić information content (AvgIpc) is 2.92. The van der Waals surface area contributed by atoms with Gasteiger partial charge in [0.2, 0.25) is 10.0 Å². The lowest BCUT2D eigenvalue weighted by Crippen LogP contribution is -2.39. The fourth-order valence-corrected chi connectivity index (χ4v) is 4.36. The van der Waals surface area contributed by atoms with Gasteiger partial charge in [0, 0.05) is 18.3 Å². The van der Waals surface area contributed by atoms with E-state index in [2.05, 4.69) is 6.58 Å². The van der Waals surface area contributed by atoms with Crippen LogP contribution < -0.4 is 5.73 Å². The van der Waals surface area contributed by atoms with Gasteiger partial charge in [0.1, 0.15) is 10.7 Å². The molecule has 20 heavy (non-hydrogen) atoms. The monoisotopic (exact) mass is 298 g/mol. The van der Waals surface area contributed by atoms with Gasteiger partial charge in [-0.2, -0.15) is 4.31 Å². The van der Waals surface area contributed by atoms with Crippen molar-refractivity contribution in [3.05, 3.63) is 36.7 Å². The summed E-state index contributed by atoms with van der Waals surface area (Å²) in [5.41, 5.74) is 5.81. The third kappa shape index (κ3) is 2.86. The van der Waals surface area contributed by atoms with Crippen molar-refractivity contribution in [2.75, 3.05) is 12.3 Å². The highest BCUT2D eigenvalue weighted by Gasteiger charge is 2.34. The molecule has 110 valence electrons. The number of nitrogens with two attached hydrogens (primary N) is 1. The Morgan fingerprint density at radius 2 is 2.05 bits per heavy atom. The molecule has 0 saturated heterocycles. The molecule has 1 aromatic rings. The summed E-state index contributed by atoms with van der Waals surface area (Å²) in [6.07, 6.45) is 5.12. The lowest BCUT2D eigenvalue weighted by molar-refractivity contribution is 0.346. The lowest BCUT2D eigenvalue weighted by Gasteiger charge is -2.27. The minimum atomic E-state index is -3.89. The molecule has 0 bridgehead atoms. The number of anilines is 1. The molecule has 1 aliphatic carbocycles. The normalized spacial score (nSPS) is 16.7. The van der Waals surface area contributed by atoms with Gasteiger partial charge < -0.3 is 5.73 Å². The molecule has 4 nitrogen and oxygen atoms in total. The predicted molar refractivity (Wildman–Crippen MR) is 77.2 cm³/mol. The Morgan fingerprint density at radius 1 is 1.40 bits per heavy atom. The van der Waals surface area contributed by atoms with E-state index in [0.29, 0.717) is 0 Å². The maximum Gasteiger partial charge on any atom is 0.246 e. The fourth-order valence-electron chi connectivity index (χ4n) is 2.61. The molecule has 1 saturated carbocycles. The standard InChI is InChI=1S/C14H19FN2O2S/c1-2-9-17(12-5-3-4-6-12)20(18,19)14-10-11(16)7-8-13(14)15/h2,7-8,10,12H,1,3-6,9,16H2. The van der Waals surface area contributed by atoms with Crippen LogP contribution in [0.1, 0.15) is 25.7 Å². The molecule has 1 fully saturated rings. The molecule has 6 heteroatoms. The second-order valence-corrected chi connectivity index (χ2v) is 6.85. The van der Waals surface area contributed by atoms with E-state index in [1.165, 1.54) is 22.5 Å². The zero-order chi connectivity index (χ0) is 14.8. The first-order chi connectivity index (χ1) is 9.46. The van der Waals surface area contributed by atoms with Crippen LogP contribution >= 0.6 is 0 Å². The van der Waals surface area contributed by atoms with Gasteiger partial charge >= 0.3 is 0 Å². The van der Waals surface area contributed by atoms with Crippen molar-refractivity contribution >= 4 is 15.7 Å². The van der Waals surface area contributed by atoms with Crippen LogP contribution in [0.15, 0.2) is 35.7 Å². The summed E-state index contributed by atoms with van der Waals surface area (Å²) in [5, 5.41) is 0. The van der Waals surface area contributed by atoms with Gasteiger partial charge in [0.25, 0.3) is 0 Å². The van der Waals surface area contributed by atoms with E-state index in [0.717, 1.165) is 31.7 Å². The van der Waals surface area contributed by atoms with Crippen molar-refractivity contribution in [2.24, 2.45) is 0 Å². The van der Waals surface area contributed by atoms with Crippen molar-refractivity contribution < 1.29 is 12.8 Å². The summed E-state index contributed by atoms with van der Waals surface area (Å²) in [6.45, 7) is 3.78. The number of sulfonamides is 1. The van der Waals surface area contributed by atoms with Gasteiger partial charge in [-0.05, 0) is 31.0 Å². The number of benzene rings is 1. The molecule has 1 aromatic carbocycles. The molecule has 1 aliphatic rings. The van der Waals surface area contributed by atoms with Gasteiger partial charge in [-0.1, -0.05) is 18.9 Å². The van der Waals surface area contributed by atoms with Crippen molar-refractivity contribution in [3.8, 4) is 0 Å². The second-order valence-electron chi connectivity index (χ2n) is 4.99. The summed E-state index contributed by atoms with van der Waals surface area (Å²) < 4.78 is 40.5. The van der Waals surface area contributed by atoms with Crippen molar-refractivity contribution in [1.29, 1.82) is 0 Å². The van der Waals surface area contributed by atoms with Gasteiger partial charge in [-0.3, -0.25) is 0 Å². The van der Waals surface area contributed by atoms with Crippen LogP contribution in [0.4, 0.5) is 10.1 Å². The maximum atomic E-state index is 13.9. The SMILES string of the molecule is C=CCN(C1CCCC1)S(=O)(=O)c1cc(N)ccc1F. The Labute approximate surface area is 119 Å². The van der Waals surface area contributed by atoms with Crippen LogP contribution in [-0.4, -0.2) is 25.3 Å². The van der Waals surface area contributed by atoms with E-state index in [1.54, 1.807) is 0 Å². The third-order valence-corrected chi connectivity index (χ3v) is 5.52. The van der Waals surface area contributed by atoms with E-state index in [4.69, 9.17) is 5.73 Å². The zero-order valence-electron chi connectivity index (χ0n) is 11.3. The van der Waals surface area contributed by atoms with Crippen LogP contribution in [-0.2, 0) is 10.0 Å². The highest BCUT2D eigenvalue weighted by atomic mass is 32.2. The molecule has 0 amide bonds. The lowest BCUT2D eigenvalue weighted by atomic mass is 10.2. The minimum Gasteiger partial charge on any atom is -0.399 e. The van der Waals surface area contributed by atoms with Crippen LogP contribution in [0.5, 0.6) is 0 Å². The summed E-state index contributed by atoms with van der Waals surface area (Å²) in [4.78, 5) is -0.355.